The molecule has 14 heavy (non-hydrogen) atoms. The first-order valence-electron chi connectivity index (χ1n) is 4.49. The number of halogens is 1. The van der Waals surface area contributed by atoms with Gasteiger partial charge in [-0.15, -0.1) is 12.4 Å². The molecule has 0 bridgehead atoms. The van der Waals surface area contributed by atoms with Crippen molar-refractivity contribution in [3.63, 3.8) is 0 Å². The summed E-state index contributed by atoms with van der Waals surface area (Å²) in [6.45, 7) is 2.02. The van der Waals surface area contributed by atoms with E-state index in [1.54, 1.807) is 0 Å². The van der Waals surface area contributed by atoms with Gasteiger partial charge in [0.15, 0.2) is 0 Å². The molecule has 0 aliphatic heterocycles. The summed E-state index contributed by atoms with van der Waals surface area (Å²) in [5.41, 5.74) is 8.35. The van der Waals surface area contributed by atoms with Crippen molar-refractivity contribution in [1.82, 2.24) is 4.57 Å². The fraction of sp³-hybridized carbons (Fsp3) is 0.273. The Hall–Kier alpha value is -0.990. The van der Waals surface area contributed by atoms with Crippen molar-refractivity contribution >= 4 is 23.3 Å². The Kier molecular flexibility index (Phi) is 3.19. The second-order valence-corrected chi connectivity index (χ2v) is 3.50. The Labute approximate surface area is 90.1 Å². The third-order valence-electron chi connectivity index (χ3n) is 2.42. The highest BCUT2D eigenvalue weighted by atomic mass is 35.5. The third kappa shape index (κ3) is 1.63. The molecule has 0 aliphatic carbocycles. The molecular formula is C11H15ClN2. The number of nitrogens with two attached hydrogens (primary N) is 1. The maximum atomic E-state index is 5.88. The van der Waals surface area contributed by atoms with E-state index in [0.717, 1.165) is 0 Å². The van der Waals surface area contributed by atoms with Crippen LogP contribution in [-0.2, 0) is 7.05 Å². The van der Waals surface area contributed by atoms with E-state index in [1.165, 1.54) is 16.5 Å². The Morgan fingerprint density at radius 1 is 1.29 bits per heavy atom. The summed E-state index contributed by atoms with van der Waals surface area (Å²) in [6.07, 6.45) is 2.11. The molecule has 0 spiro atoms. The van der Waals surface area contributed by atoms with Crippen LogP contribution in [0.15, 0.2) is 30.5 Å². The molecule has 0 saturated heterocycles. The van der Waals surface area contributed by atoms with Gasteiger partial charge in [-0.2, -0.15) is 0 Å². The standard InChI is InChI=1S/C11H14N2.ClH/c1-8(12)10-7-13(2)11-6-4-3-5-9(10)11;/h3-8H,12H2,1-2H3;1H/t8-;/m1./s1. The first-order valence-corrected chi connectivity index (χ1v) is 4.49. The molecule has 1 heterocycles. The summed E-state index contributed by atoms with van der Waals surface area (Å²) in [7, 11) is 2.05. The van der Waals surface area contributed by atoms with Gasteiger partial charge in [0.1, 0.15) is 0 Å². The van der Waals surface area contributed by atoms with E-state index >= 15 is 0 Å². The first-order chi connectivity index (χ1) is 6.20. The molecule has 1 aromatic carbocycles. The van der Waals surface area contributed by atoms with E-state index in [2.05, 4.69) is 22.9 Å². The Balaban J connectivity index is 0.000000980. The van der Waals surface area contributed by atoms with Crippen molar-refractivity contribution in [1.29, 1.82) is 0 Å². The zero-order valence-electron chi connectivity index (χ0n) is 8.40. The van der Waals surface area contributed by atoms with Gasteiger partial charge in [0.2, 0.25) is 0 Å². The average Bonchev–Trinajstić information content (AvgIpc) is 2.45. The van der Waals surface area contributed by atoms with Gasteiger partial charge in [0.05, 0.1) is 0 Å². The number of benzene rings is 1. The highest BCUT2D eigenvalue weighted by molar-refractivity contribution is 5.85. The monoisotopic (exact) mass is 210 g/mol. The van der Waals surface area contributed by atoms with Crippen LogP contribution in [0.1, 0.15) is 18.5 Å². The summed E-state index contributed by atoms with van der Waals surface area (Å²) in [5, 5.41) is 1.26. The van der Waals surface area contributed by atoms with Gasteiger partial charge in [-0.1, -0.05) is 18.2 Å². The number of rotatable bonds is 1. The normalized spacial score (nSPS) is 12.5. The van der Waals surface area contributed by atoms with E-state index in [4.69, 9.17) is 5.73 Å². The quantitative estimate of drug-likeness (QED) is 0.771. The lowest BCUT2D eigenvalue weighted by atomic mass is 10.1. The number of aryl methyl sites for hydroxylation is 1. The van der Waals surface area contributed by atoms with Crippen LogP contribution in [0.3, 0.4) is 0 Å². The molecule has 0 amide bonds. The van der Waals surface area contributed by atoms with Crippen molar-refractivity contribution in [2.45, 2.75) is 13.0 Å². The molecule has 0 fully saturated rings. The molecule has 0 radical (unpaired) electrons. The van der Waals surface area contributed by atoms with Crippen LogP contribution in [0.5, 0.6) is 0 Å². The molecule has 0 aliphatic rings. The lowest BCUT2D eigenvalue weighted by Crippen LogP contribution is -2.03. The Bertz CT molecular complexity index is 432. The highest BCUT2D eigenvalue weighted by Crippen LogP contribution is 2.23. The van der Waals surface area contributed by atoms with Crippen molar-refractivity contribution < 1.29 is 0 Å². The molecule has 2 N–H and O–H groups in total. The van der Waals surface area contributed by atoms with E-state index < -0.39 is 0 Å². The van der Waals surface area contributed by atoms with Crippen LogP contribution in [0.25, 0.3) is 10.9 Å². The molecule has 1 atom stereocenters. The number of hydrogen-bond acceptors (Lipinski definition) is 1. The molecule has 76 valence electrons. The van der Waals surface area contributed by atoms with E-state index in [1.807, 2.05) is 26.1 Å². The van der Waals surface area contributed by atoms with Crippen LogP contribution in [0.4, 0.5) is 0 Å². The predicted octanol–water partition coefficient (Wildman–Crippen LogP) is 2.62. The topological polar surface area (TPSA) is 30.9 Å². The van der Waals surface area contributed by atoms with Gasteiger partial charge >= 0.3 is 0 Å². The van der Waals surface area contributed by atoms with Crippen molar-refractivity contribution in [2.75, 3.05) is 0 Å². The summed E-state index contributed by atoms with van der Waals surface area (Å²) >= 11 is 0. The molecule has 3 heteroatoms. The molecule has 0 saturated carbocycles. The second-order valence-electron chi connectivity index (χ2n) is 3.50. The smallest absolute Gasteiger partial charge is 0.0481 e. The molecular weight excluding hydrogens is 196 g/mol. The summed E-state index contributed by atoms with van der Waals surface area (Å²) in [4.78, 5) is 0. The fourth-order valence-electron chi connectivity index (χ4n) is 1.74. The Morgan fingerprint density at radius 2 is 1.93 bits per heavy atom. The van der Waals surface area contributed by atoms with Crippen LogP contribution in [0, 0.1) is 0 Å². The van der Waals surface area contributed by atoms with E-state index in [0.29, 0.717) is 0 Å². The van der Waals surface area contributed by atoms with Gasteiger partial charge in [-0.05, 0) is 18.6 Å². The maximum Gasteiger partial charge on any atom is 0.0481 e. The van der Waals surface area contributed by atoms with E-state index in [-0.39, 0.29) is 18.4 Å². The number of nitrogens with zero attached hydrogens (tertiary/aromatic N) is 1. The third-order valence-corrected chi connectivity index (χ3v) is 2.42. The minimum atomic E-state index is 0. The molecule has 2 nitrogen and oxygen atoms in total. The zero-order chi connectivity index (χ0) is 9.42. The Morgan fingerprint density at radius 3 is 2.57 bits per heavy atom. The average molecular weight is 211 g/mol. The first kappa shape index (κ1) is 11.1. The SMILES string of the molecule is C[C@@H](N)c1cn(C)c2ccccc12.Cl. The molecule has 2 aromatic rings. The van der Waals surface area contributed by atoms with E-state index in [9.17, 15) is 0 Å². The van der Waals surface area contributed by atoms with Crippen LogP contribution < -0.4 is 5.73 Å². The van der Waals surface area contributed by atoms with Gasteiger partial charge in [0.25, 0.3) is 0 Å². The highest BCUT2D eigenvalue weighted by Gasteiger charge is 2.08. The number of aromatic nitrogens is 1. The van der Waals surface area contributed by atoms with Crippen molar-refractivity contribution in [2.24, 2.45) is 12.8 Å². The van der Waals surface area contributed by atoms with Gasteiger partial charge < -0.3 is 10.3 Å². The second kappa shape index (κ2) is 4.03. The van der Waals surface area contributed by atoms with Gasteiger partial charge in [-0.25, -0.2) is 0 Å². The predicted molar refractivity (Wildman–Crippen MR) is 62.8 cm³/mol. The van der Waals surface area contributed by atoms with Crippen LogP contribution in [0.2, 0.25) is 0 Å². The summed E-state index contributed by atoms with van der Waals surface area (Å²) < 4.78 is 2.12. The number of hydrogen-bond donors (Lipinski definition) is 1. The number of fused-ring (bicyclic) bond motifs is 1. The lowest BCUT2D eigenvalue weighted by molar-refractivity contribution is 0.815. The molecule has 2 rings (SSSR count). The number of para-hydroxylation sites is 1. The zero-order valence-corrected chi connectivity index (χ0v) is 9.21. The fourth-order valence-corrected chi connectivity index (χ4v) is 1.74. The molecule has 1 aromatic heterocycles. The molecule has 0 unspecified atom stereocenters. The van der Waals surface area contributed by atoms with Crippen molar-refractivity contribution in [3.05, 3.63) is 36.0 Å². The minimum absolute atomic E-state index is 0. The summed E-state index contributed by atoms with van der Waals surface area (Å²) in [5.74, 6) is 0. The van der Waals surface area contributed by atoms with Crippen LogP contribution in [-0.4, -0.2) is 4.57 Å². The largest absolute Gasteiger partial charge is 0.350 e. The van der Waals surface area contributed by atoms with Crippen molar-refractivity contribution in [3.8, 4) is 0 Å². The minimum Gasteiger partial charge on any atom is -0.350 e. The lowest BCUT2D eigenvalue weighted by Gasteiger charge is -2.01. The van der Waals surface area contributed by atoms with Crippen LogP contribution >= 0.6 is 12.4 Å². The van der Waals surface area contributed by atoms with Gasteiger partial charge in [-0.3, -0.25) is 0 Å². The summed E-state index contributed by atoms with van der Waals surface area (Å²) in [6, 6.07) is 8.43. The van der Waals surface area contributed by atoms with Gasteiger partial charge in [0, 0.05) is 30.2 Å². The maximum absolute atomic E-state index is 5.88.